The van der Waals surface area contributed by atoms with Crippen molar-refractivity contribution in [3.63, 3.8) is 0 Å². The van der Waals surface area contributed by atoms with E-state index >= 15 is 0 Å². The Morgan fingerprint density at radius 3 is 1.41 bits per heavy atom. The second kappa shape index (κ2) is 26.3. The van der Waals surface area contributed by atoms with Crippen molar-refractivity contribution in [1.29, 1.82) is 0 Å². The normalized spacial score (nSPS) is 17.4. The molecule has 12 rings (SSSR count). The van der Waals surface area contributed by atoms with Crippen LogP contribution in [0.2, 0.25) is 0 Å². The van der Waals surface area contributed by atoms with E-state index in [-0.39, 0.29) is 23.7 Å². The van der Waals surface area contributed by atoms with Crippen molar-refractivity contribution < 1.29 is 21.6 Å². The van der Waals surface area contributed by atoms with Gasteiger partial charge in [0.05, 0.1) is 51.4 Å². The number of carbonyl (C=O) groups excluding carboxylic acids is 1. The predicted octanol–water partition coefficient (Wildman–Crippen LogP) is 8.05. The lowest BCUT2D eigenvalue weighted by Crippen LogP contribution is -2.38. The maximum atomic E-state index is 12.0. The average molecular weight is 1300 g/mol. The summed E-state index contributed by atoms with van der Waals surface area (Å²) in [6, 6.07) is 17.9. The van der Waals surface area contributed by atoms with Crippen LogP contribution in [0.4, 0.5) is 17.5 Å². The molecular formula is C56H66Br2N18O5S2. The van der Waals surface area contributed by atoms with Crippen molar-refractivity contribution in [1.82, 2.24) is 72.3 Å². The highest BCUT2D eigenvalue weighted by molar-refractivity contribution is 9.11. The molecule has 83 heavy (non-hydrogen) atoms. The van der Waals surface area contributed by atoms with Crippen LogP contribution in [-0.2, 0) is 44.5 Å². The average Bonchev–Trinajstić information content (AvgIpc) is 4.14. The first kappa shape index (κ1) is 59.1. The molecule has 0 aromatic carbocycles. The van der Waals surface area contributed by atoms with Crippen molar-refractivity contribution in [2.24, 2.45) is 0 Å². The molecule has 3 aliphatic heterocycles. The number of halogens is 2. The summed E-state index contributed by atoms with van der Waals surface area (Å²) in [5.41, 5.74) is 9.38. The second-order valence-electron chi connectivity index (χ2n) is 21.1. The molecule has 3 aliphatic rings. The standard InChI is InChI=1S/C19H21BrN6O.C19H24N6O2S.C18H21BrN6O2S/c1-13(27)25-7-3-5-15(12-25)17-8-18(22-10-14-4-2-6-21-9-14)26-19(24-17)16(20)11-23-26;1-14-10-22-25-18(21-12-15-5-3-7-20-11-15)9-17(23-19(14)25)16-6-4-8-24(13-16)28(2,26)27;1-28(26,27)24-7-4-14(5-8-24)16-9-17(21-11-13-3-2-6-20-10-13)25-18(23-16)15(19)12-22-25/h2,4,6,8-9,11,15,22H,3,5,7,10,12H2,1H3;3,5,7,9-11,16,21H,4,6,8,12-13H2,1-2H3;2-3,6,9-10,12,14,21H,4-5,7-8,11H2,1H3. The Morgan fingerprint density at radius 1 is 0.542 bits per heavy atom. The monoisotopic (exact) mass is 1290 g/mol. The zero-order valence-electron chi connectivity index (χ0n) is 46.6. The fraction of sp³-hybridized carbons (Fsp3) is 0.393. The van der Waals surface area contributed by atoms with Crippen LogP contribution in [0.5, 0.6) is 0 Å². The maximum absolute atomic E-state index is 12.0. The molecule has 0 spiro atoms. The summed E-state index contributed by atoms with van der Waals surface area (Å²) in [6.07, 6.45) is 23.9. The summed E-state index contributed by atoms with van der Waals surface area (Å²) in [5, 5.41) is 23.6. The number of aromatic nitrogens is 12. The molecule has 2 atom stereocenters. The van der Waals surface area contributed by atoms with Crippen LogP contribution in [0.25, 0.3) is 16.9 Å². The van der Waals surface area contributed by atoms with E-state index in [0.717, 1.165) is 128 Å². The van der Waals surface area contributed by atoms with E-state index in [9.17, 15) is 21.6 Å². The van der Waals surface area contributed by atoms with Gasteiger partial charge in [-0.3, -0.25) is 19.7 Å². The number of hydrogen-bond donors (Lipinski definition) is 3. The third-order valence-corrected chi connectivity index (χ3v) is 18.7. The van der Waals surface area contributed by atoms with E-state index in [1.165, 1.54) is 12.5 Å². The van der Waals surface area contributed by atoms with Gasteiger partial charge in [-0.2, -0.15) is 28.8 Å². The van der Waals surface area contributed by atoms with E-state index in [1.54, 1.807) is 66.3 Å². The molecule has 436 valence electrons. The number of sulfonamides is 2. The minimum absolute atomic E-state index is 0.0710. The number of fused-ring (bicyclic) bond motifs is 3. The quantitative estimate of drug-likeness (QED) is 0.0930. The number of amides is 1. The van der Waals surface area contributed by atoms with Crippen LogP contribution in [0, 0.1) is 6.92 Å². The minimum Gasteiger partial charge on any atom is -0.366 e. The Bertz CT molecular complexity index is 3920. The second-order valence-corrected chi connectivity index (χ2v) is 26.7. The molecule has 3 fully saturated rings. The van der Waals surface area contributed by atoms with Gasteiger partial charge in [0.25, 0.3) is 0 Å². The SMILES string of the molecule is CC(=O)N1CCCC(c2cc(NCc3cccnc3)n3ncc(Br)c3n2)C1.CS(=O)(=O)N1CCC(c2cc(NCc3cccnc3)n3ncc(Br)c3n2)CC1.Cc1cnn2c(NCc3cccnc3)cc(C3CCCN(S(C)(=O)=O)C3)nc12. The molecule has 27 heteroatoms. The molecule has 0 bridgehead atoms. The number of likely N-dealkylation sites (tertiary alicyclic amines) is 1. The van der Waals surface area contributed by atoms with Gasteiger partial charge in [0, 0.05) is 150 Å². The van der Waals surface area contributed by atoms with Gasteiger partial charge in [0.1, 0.15) is 17.5 Å². The summed E-state index contributed by atoms with van der Waals surface area (Å²) < 4.78 is 57.7. The molecule has 12 heterocycles. The molecule has 9 aromatic heterocycles. The number of piperidine rings is 3. The molecular weight excluding hydrogens is 1230 g/mol. The summed E-state index contributed by atoms with van der Waals surface area (Å²) in [7, 11) is -6.34. The van der Waals surface area contributed by atoms with Gasteiger partial charge in [-0.25, -0.2) is 40.4 Å². The smallest absolute Gasteiger partial charge is 0.219 e. The highest BCUT2D eigenvalue weighted by Crippen LogP contribution is 2.34. The Hall–Kier alpha value is -7.04. The minimum atomic E-state index is -3.20. The van der Waals surface area contributed by atoms with E-state index < -0.39 is 20.0 Å². The van der Waals surface area contributed by atoms with Crippen LogP contribution in [-0.4, -0.2) is 147 Å². The van der Waals surface area contributed by atoms with Crippen molar-refractivity contribution in [2.45, 2.75) is 89.8 Å². The molecule has 0 aliphatic carbocycles. The van der Waals surface area contributed by atoms with Gasteiger partial charge in [-0.15, -0.1) is 0 Å². The van der Waals surface area contributed by atoms with Crippen molar-refractivity contribution in [3.8, 4) is 0 Å². The number of rotatable bonds is 14. The Morgan fingerprint density at radius 2 is 0.964 bits per heavy atom. The highest BCUT2D eigenvalue weighted by Gasteiger charge is 2.30. The number of aryl methyl sites for hydroxylation is 1. The number of hydrogen-bond acceptors (Lipinski definition) is 17. The summed E-state index contributed by atoms with van der Waals surface area (Å²) in [5.74, 6) is 3.21. The lowest BCUT2D eigenvalue weighted by atomic mass is 9.94. The molecule has 2 unspecified atom stereocenters. The lowest BCUT2D eigenvalue weighted by molar-refractivity contribution is -0.130. The number of nitrogens with zero attached hydrogens (tertiary/aromatic N) is 15. The molecule has 0 saturated carbocycles. The van der Waals surface area contributed by atoms with Crippen molar-refractivity contribution >= 4 is 92.2 Å². The van der Waals surface area contributed by atoms with Crippen molar-refractivity contribution in [3.05, 3.63) is 159 Å². The fourth-order valence-corrected chi connectivity index (χ4v) is 13.0. The first-order chi connectivity index (χ1) is 39.9. The van der Waals surface area contributed by atoms with Gasteiger partial charge >= 0.3 is 0 Å². The summed E-state index contributed by atoms with van der Waals surface area (Å²) in [4.78, 5) is 40.6. The van der Waals surface area contributed by atoms with Gasteiger partial charge in [-0.05, 0) is 112 Å². The Kier molecular flexibility index (Phi) is 18.7. The Labute approximate surface area is 499 Å². The zero-order valence-corrected chi connectivity index (χ0v) is 51.4. The third-order valence-electron chi connectivity index (χ3n) is 15.1. The number of anilines is 3. The predicted molar refractivity (Wildman–Crippen MR) is 325 cm³/mol. The van der Waals surface area contributed by atoms with Gasteiger partial charge in [0.2, 0.25) is 26.0 Å². The number of pyridine rings is 3. The fourth-order valence-electron chi connectivity index (χ4n) is 10.6. The van der Waals surface area contributed by atoms with Crippen molar-refractivity contribution in [2.75, 3.05) is 67.7 Å². The van der Waals surface area contributed by atoms with E-state index in [1.807, 2.05) is 78.9 Å². The molecule has 23 nitrogen and oxygen atoms in total. The van der Waals surface area contributed by atoms with Crippen LogP contribution < -0.4 is 16.0 Å². The first-order valence-electron chi connectivity index (χ1n) is 27.4. The van der Waals surface area contributed by atoms with Crippen LogP contribution in [0.3, 0.4) is 0 Å². The van der Waals surface area contributed by atoms with Crippen LogP contribution in [0.15, 0.2) is 119 Å². The van der Waals surface area contributed by atoms with Crippen LogP contribution >= 0.6 is 31.9 Å². The molecule has 3 saturated heterocycles. The van der Waals surface area contributed by atoms with Gasteiger partial charge in [-0.1, -0.05) is 18.2 Å². The van der Waals surface area contributed by atoms with E-state index in [2.05, 4.69) is 84.1 Å². The number of nitrogens with one attached hydrogen (secondary N) is 3. The summed E-state index contributed by atoms with van der Waals surface area (Å²) in [6.45, 7) is 9.14. The zero-order chi connectivity index (χ0) is 58.3. The molecule has 0 radical (unpaired) electrons. The summed E-state index contributed by atoms with van der Waals surface area (Å²) >= 11 is 7.06. The largest absolute Gasteiger partial charge is 0.366 e. The molecule has 3 N–H and O–H groups in total. The third kappa shape index (κ3) is 14.7. The van der Waals surface area contributed by atoms with Crippen LogP contribution in [0.1, 0.15) is 103 Å². The van der Waals surface area contributed by atoms with Gasteiger partial charge in [0.15, 0.2) is 16.9 Å². The maximum Gasteiger partial charge on any atom is 0.219 e. The molecule has 1 amide bonds. The Balaban J connectivity index is 0.000000139. The lowest BCUT2D eigenvalue weighted by Gasteiger charge is -2.32. The van der Waals surface area contributed by atoms with E-state index in [4.69, 9.17) is 15.0 Å². The first-order valence-corrected chi connectivity index (χ1v) is 32.7. The van der Waals surface area contributed by atoms with Gasteiger partial charge < -0.3 is 20.9 Å². The van der Waals surface area contributed by atoms with E-state index in [0.29, 0.717) is 52.4 Å². The molecule has 9 aromatic rings. The topological polar surface area (TPSA) is 260 Å². The highest BCUT2D eigenvalue weighted by atomic mass is 79.9. The number of carbonyl (C=O) groups is 1.